The second kappa shape index (κ2) is 9.79. The van der Waals surface area contributed by atoms with Crippen LogP contribution in [-0.2, 0) is 14.3 Å². The van der Waals surface area contributed by atoms with Gasteiger partial charge in [0.15, 0.2) is 0 Å². The van der Waals surface area contributed by atoms with Gasteiger partial charge in [-0.3, -0.25) is 4.79 Å². The maximum Gasteiger partial charge on any atom is 0.407 e. The van der Waals surface area contributed by atoms with Gasteiger partial charge in [0.1, 0.15) is 6.61 Å². The molecule has 2 atom stereocenters. The van der Waals surface area contributed by atoms with Gasteiger partial charge in [0.2, 0.25) is 5.91 Å². The Morgan fingerprint density at radius 1 is 1.00 bits per heavy atom. The predicted molar refractivity (Wildman–Crippen MR) is 120 cm³/mol. The number of rotatable bonds is 8. The summed E-state index contributed by atoms with van der Waals surface area (Å²) < 4.78 is 31.9. The first-order chi connectivity index (χ1) is 16.3. The SMILES string of the molecule is O=C(C[C@@H]1CCC[C@H]1NC(=O)OCC1c2ccccc2-c2ccccc21)NCC(F)(F)C(=O)O. The fourth-order valence-corrected chi connectivity index (χ4v) is 4.86. The van der Waals surface area contributed by atoms with E-state index in [-0.39, 0.29) is 30.9 Å². The van der Waals surface area contributed by atoms with Crippen molar-refractivity contribution >= 4 is 18.0 Å². The Morgan fingerprint density at radius 2 is 1.62 bits per heavy atom. The van der Waals surface area contributed by atoms with E-state index < -0.39 is 30.4 Å². The zero-order valence-corrected chi connectivity index (χ0v) is 18.4. The number of carbonyl (C=O) groups excluding carboxylic acids is 2. The minimum atomic E-state index is -4.02. The van der Waals surface area contributed by atoms with Gasteiger partial charge in [-0.05, 0) is 41.0 Å². The molecule has 0 unspecified atom stereocenters. The molecule has 0 aromatic heterocycles. The first kappa shape index (κ1) is 23.7. The Hall–Kier alpha value is -3.49. The maximum absolute atomic E-state index is 13.2. The van der Waals surface area contributed by atoms with E-state index in [1.54, 1.807) is 0 Å². The number of halogens is 2. The van der Waals surface area contributed by atoms with Crippen molar-refractivity contribution in [2.45, 2.75) is 43.6 Å². The third-order valence-electron chi connectivity index (χ3n) is 6.57. The van der Waals surface area contributed by atoms with Crippen LogP contribution in [0.4, 0.5) is 13.6 Å². The second-order valence-electron chi connectivity index (χ2n) is 8.76. The highest BCUT2D eigenvalue weighted by atomic mass is 19.3. The van der Waals surface area contributed by atoms with Crippen molar-refractivity contribution in [1.82, 2.24) is 10.6 Å². The van der Waals surface area contributed by atoms with Crippen molar-refractivity contribution in [2.75, 3.05) is 13.2 Å². The zero-order valence-electron chi connectivity index (χ0n) is 18.4. The van der Waals surface area contributed by atoms with Crippen LogP contribution in [-0.4, -0.2) is 48.2 Å². The summed E-state index contributed by atoms with van der Waals surface area (Å²) in [5.41, 5.74) is 4.46. The van der Waals surface area contributed by atoms with E-state index in [4.69, 9.17) is 9.84 Å². The molecule has 34 heavy (non-hydrogen) atoms. The molecule has 0 aliphatic heterocycles. The number of benzene rings is 2. The maximum atomic E-state index is 13.2. The van der Waals surface area contributed by atoms with Crippen LogP contribution in [0.1, 0.15) is 42.7 Å². The van der Waals surface area contributed by atoms with Crippen molar-refractivity contribution in [3.8, 4) is 11.1 Å². The number of nitrogens with one attached hydrogen (secondary N) is 2. The van der Waals surface area contributed by atoms with Crippen LogP contribution in [0.5, 0.6) is 0 Å². The standard InChI is InChI=1S/C25H26F2N2O5/c26-25(27,23(31)32)14-28-22(30)12-15-6-5-11-21(15)29-24(33)34-13-20-18-9-3-1-7-16(18)17-8-2-4-10-19(17)20/h1-4,7-10,15,20-21H,5-6,11-14H2,(H,28,30)(H,29,33)(H,31,32)/t15-,21+/m0/s1. The summed E-state index contributed by atoms with van der Waals surface area (Å²) in [6, 6.07) is 15.7. The van der Waals surface area contributed by atoms with E-state index >= 15 is 0 Å². The number of carboxylic acid groups (broad SMARTS) is 1. The molecular weight excluding hydrogens is 446 g/mol. The van der Waals surface area contributed by atoms with Crippen LogP contribution in [0.2, 0.25) is 0 Å². The molecule has 2 amide bonds. The van der Waals surface area contributed by atoms with Crippen molar-refractivity contribution in [2.24, 2.45) is 5.92 Å². The molecule has 0 bridgehead atoms. The molecule has 180 valence electrons. The van der Waals surface area contributed by atoms with Gasteiger partial charge in [0, 0.05) is 18.4 Å². The summed E-state index contributed by atoms with van der Waals surface area (Å²) in [4.78, 5) is 35.1. The topological polar surface area (TPSA) is 105 Å². The fraction of sp³-hybridized carbons (Fsp3) is 0.400. The number of fused-ring (bicyclic) bond motifs is 3. The minimum Gasteiger partial charge on any atom is -0.477 e. The molecule has 2 aromatic rings. The summed E-state index contributed by atoms with van der Waals surface area (Å²) in [6.07, 6.45) is 1.41. The lowest BCUT2D eigenvalue weighted by atomic mass is 9.98. The van der Waals surface area contributed by atoms with E-state index in [2.05, 4.69) is 17.4 Å². The Kier molecular flexibility index (Phi) is 6.81. The lowest BCUT2D eigenvalue weighted by molar-refractivity contribution is -0.164. The molecule has 3 N–H and O–H groups in total. The molecule has 0 spiro atoms. The molecule has 2 aromatic carbocycles. The average Bonchev–Trinajstić information content (AvgIpc) is 3.38. The number of alkyl carbamates (subject to hydrolysis) is 1. The first-order valence-electron chi connectivity index (χ1n) is 11.3. The molecule has 0 saturated heterocycles. The smallest absolute Gasteiger partial charge is 0.407 e. The zero-order chi connectivity index (χ0) is 24.3. The monoisotopic (exact) mass is 472 g/mol. The van der Waals surface area contributed by atoms with Crippen molar-refractivity contribution in [3.63, 3.8) is 0 Å². The van der Waals surface area contributed by atoms with E-state index in [1.807, 2.05) is 41.7 Å². The van der Waals surface area contributed by atoms with Gasteiger partial charge in [-0.25, -0.2) is 9.59 Å². The lowest BCUT2D eigenvalue weighted by Gasteiger charge is -2.22. The van der Waals surface area contributed by atoms with Crippen LogP contribution >= 0.6 is 0 Å². The van der Waals surface area contributed by atoms with Gasteiger partial charge in [-0.15, -0.1) is 0 Å². The number of amides is 2. The quantitative estimate of drug-likeness (QED) is 0.540. The highest BCUT2D eigenvalue weighted by molar-refractivity contribution is 5.80. The number of ether oxygens (including phenoxy) is 1. The summed E-state index contributed by atoms with van der Waals surface area (Å²) in [5.74, 6) is -7.29. The third-order valence-corrected chi connectivity index (χ3v) is 6.57. The van der Waals surface area contributed by atoms with Gasteiger partial charge in [-0.1, -0.05) is 55.0 Å². The van der Waals surface area contributed by atoms with Crippen LogP contribution in [0, 0.1) is 5.92 Å². The molecule has 0 radical (unpaired) electrons. The average molecular weight is 472 g/mol. The Labute approximate surface area is 195 Å². The molecule has 1 saturated carbocycles. The number of hydrogen-bond donors (Lipinski definition) is 3. The van der Waals surface area contributed by atoms with E-state index in [1.165, 1.54) is 0 Å². The highest BCUT2D eigenvalue weighted by Crippen LogP contribution is 2.44. The molecule has 2 aliphatic carbocycles. The van der Waals surface area contributed by atoms with Crippen LogP contribution in [0.15, 0.2) is 48.5 Å². The summed E-state index contributed by atoms with van der Waals surface area (Å²) >= 11 is 0. The fourth-order valence-electron chi connectivity index (χ4n) is 4.86. The predicted octanol–water partition coefficient (Wildman–Crippen LogP) is 3.92. The van der Waals surface area contributed by atoms with Crippen LogP contribution < -0.4 is 10.6 Å². The first-order valence-corrected chi connectivity index (χ1v) is 11.3. The molecule has 7 nitrogen and oxygen atoms in total. The summed E-state index contributed by atoms with van der Waals surface area (Å²) in [7, 11) is 0. The van der Waals surface area contributed by atoms with Crippen molar-refractivity contribution in [3.05, 3.63) is 59.7 Å². The minimum absolute atomic E-state index is 0.0702. The van der Waals surface area contributed by atoms with Crippen molar-refractivity contribution < 1.29 is 33.0 Å². The number of alkyl halides is 2. The second-order valence-corrected chi connectivity index (χ2v) is 8.76. The van der Waals surface area contributed by atoms with E-state index in [0.29, 0.717) is 12.8 Å². The normalized spacial score (nSPS) is 19.2. The number of carbonyl (C=O) groups is 3. The number of aliphatic carboxylic acids is 1. The Bertz CT molecular complexity index is 1040. The molecule has 2 aliphatic rings. The lowest BCUT2D eigenvalue weighted by Crippen LogP contribution is -2.44. The summed E-state index contributed by atoms with van der Waals surface area (Å²) in [6.45, 7) is -1.10. The van der Waals surface area contributed by atoms with Gasteiger partial charge in [0.05, 0.1) is 6.54 Å². The van der Waals surface area contributed by atoms with Gasteiger partial charge >= 0.3 is 18.0 Å². The van der Waals surface area contributed by atoms with Crippen LogP contribution in [0.3, 0.4) is 0 Å². The van der Waals surface area contributed by atoms with E-state index in [9.17, 15) is 23.2 Å². The molecular formula is C25H26F2N2O5. The van der Waals surface area contributed by atoms with E-state index in [0.717, 1.165) is 28.7 Å². The Morgan fingerprint density at radius 3 is 2.24 bits per heavy atom. The number of hydrogen-bond acceptors (Lipinski definition) is 4. The Balaban J connectivity index is 1.30. The molecule has 4 rings (SSSR count). The van der Waals surface area contributed by atoms with Crippen LogP contribution in [0.25, 0.3) is 11.1 Å². The van der Waals surface area contributed by atoms with Gasteiger partial charge < -0.3 is 20.5 Å². The molecule has 9 heteroatoms. The molecule has 1 fully saturated rings. The highest BCUT2D eigenvalue weighted by Gasteiger charge is 2.39. The summed E-state index contributed by atoms with van der Waals surface area (Å²) in [5, 5.41) is 13.2. The van der Waals surface area contributed by atoms with Gasteiger partial charge in [0.25, 0.3) is 0 Å². The third kappa shape index (κ3) is 5.03. The van der Waals surface area contributed by atoms with Crippen molar-refractivity contribution in [1.29, 1.82) is 0 Å². The molecule has 0 heterocycles. The number of carboxylic acids is 1. The van der Waals surface area contributed by atoms with Gasteiger partial charge in [-0.2, -0.15) is 8.78 Å². The largest absolute Gasteiger partial charge is 0.477 e.